The van der Waals surface area contributed by atoms with Crippen LogP contribution in [-0.2, 0) is 6.54 Å². The third kappa shape index (κ3) is 3.59. The Balaban J connectivity index is 1.63. The molecule has 6 nitrogen and oxygen atoms in total. The standard InChI is InChI=1S/C22H25NO5/c1-25-17-8-9-18(20(12-17)26-2)22(24)23(16-5-3-4-6-16)13-15-7-10-19-21(11-15)28-14-27-19/h7-12,16H,3-6,13-14H2,1-2H3. The summed E-state index contributed by atoms with van der Waals surface area (Å²) in [5.41, 5.74) is 1.58. The molecule has 1 heterocycles. The normalized spacial score (nSPS) is 15.5. The first-order valence-electron chi connectivity index (χ1n) is 9.61. The van der Waals surface area contributed by atoms with Crippen molar-refractivity contribution in [1.82, 2.24) is 4.90 Å². The molecule has 4 rings (SSSR count). The molecule has 6 heteroatoms. The summed E-state index contributed by atoms with van der Waals surface area (Å²) in [5, 5.41) is 0. The maximum atomic E-state index is 13.5. The molecule has 1 aliphatic carbocycles. The minimum atomic E-state index is -0.0240. The molecule has 0 aromatic heterocycles. The van der Waals surface area contributed by atoms with Crippen molar-refractivity contribution in [1.29, 1.82) is 0 Å². The molecule has 2 aromatic rings. The number of carbonyl (C=O) groups excluding carboxylic acids is 1. The van der Waals surface area contributed by atoms with Crippen LogP contribution >= 0.6 is 0 Å². The average molecular weight is 383 g/mol. The fraction of sp³-hybridized carbons (Fsp3) is 0.409. The Morgan fingerprint density at radius 1 is 1.04 bits per heavy atom. The molecule has 0 bridgehead atoms. The van der Waals surface area contributed by atoms with Gasteiger partial charge in [-0.25, -0.2) is 0 Å². The molecule has 148 valence electrons. The maximum absolute atomic E-state index is 13.5. The number of nitrogens with zero attached hydrogens (tertiary/aromatic N) is 1. The summed E-state index contributed by atoms with van der Waals surface area (Å²) in [4.78, 5) is 15.5. The highest BCUT2D eigenvalue weighted by Crippen LogP contribution is 2.35. The van der Waals surface area contributed by atoms with Crippen LogP contribution in [0, 0.1) is 0 Å². The fourth-order valence-corrected chi connectivity index (χ4v) is 3.95. The second kappa shape index (κ2) is 8.00. The van der Waals surface area contributed by atoms with Gasteiger partial charge in [0.1, 0.15) is 11.5 Å². The Labute approximate surface area is 165 Å². The van der Waals surface area contributed by atoms with Crippen molar-refractivity contribution in [2.45, 2.75) is 38.3 Å². The van der Waals surface area contributed by atoms with E-state index in [1.165, 1.54) is 0 Å². The molecule has 0 spiro atoms. The lowest BCUT2D eigenvalue weighted by Gasteiger charge is -2.30. The lowest BCUT2D eigenvalue weighted by molar-refractivity contribution is 0.0661. The largest absolute Gasteiger partial charge is 0.497 e. The Morgan fingerprint density at radius 2 is 1.82 bits per heavy atom. The van der Waals surface area contributed by atoms with Crippen LogP contribution in [0.5, 0.6) is 23.0 Å². The number of hydrogen-bond donors (Lipinski definition) is 0. The smallest absolute Gasteiger partial charge is 0.258 e. The van der Waals surface area contributed by atoms with Crippen molar-refractivity contribution < 1.29 is 23.7 Å². The average Bonchev–Trinajstić information content (AvgIpc) is 3.42. The first-order chi connectivity index (χ1) is 13.7. The number of carbonyl (C=O) groups is 1. The number of fused-ring (bicyclic) bond motifs is 1. The maximum Gasteiger partial charge on any atom is 0.258 e. The quantitative estimate of drug-likeness (QED) is 0.754. The first kappa shape index (κ1) is 18.5. The number of hydrogen-bond acceptors (Lipinski definition) is 5. The predicted octanol–water partition coefficient (Wildman–Crippen LogP) is 4.02. The summed E-state index contributed by atoms with van der Waals surface area (Å²) in [6.07, 6.45) is 4.34. The van der Waals surface area contributed by atoms with Gasteiger partial charge in [0, 0.05) is 18.7 Å². The van der Waals surface area contributed by atoms with Crippen LogP contribution in [0.4, 0.5) is 0 Å². The minimum absolute atomic E-state index is 0.0240. The number of ether oxygens (including phenoxy) is 4. The van der Waals surface area contributed by atoms with E-state index in [4.69, 9.17) is 18.9 Å². The van der Waals surface area contributed by atoms with E-state index < -0.39 is 0 Å². The van der Waals surface area contributed by atoms with Gasteiger partial charge in [-0.1, -0.05) is 18.9 Å². The summed E-state index contributed by atoms with van der Waals surface area (Å²) in [6.45, 7) is 0.766. The topological polar surface area (TPSA) is 57.2 Å². The van der Waals surface area contributed by atoms with E-state index >= 15 is 0 Å². The molecule has 28 heavy (non-hydrogen) atoms. The van der Waals surface area contributed by atoms with Gasteiger partial charge in [-0.15, -0.1) is 0 Å². The van der Waals surface area contributed by atoms with Gasteiger partial charge in [0.05, 0.1) is 19.8 Å². The van der Waals surface area contributed by atoms with Crippen molar-refractivity contribution in [3.63, 3.8) is 0 Å². The summed E-state index contributed by atoms with van der Waals surface area (Å²) in [7, 11) is 3.17. The van der Waals surface area contributed by atoms with Gasteiger partial charge >= 0.3 is 0 Å². The van der Waals surface area contributed by atoms with Crippen LogP contribution in [0.1, 0.15) is 41.6 Å². The fourth-order valence-electron chi connectivity index (χ4n) is 3.95. The van der Waals surface area contributed by atoms with Gasteiger partial charge in [0.15, 0.2) is 11.5 Å². The summed E-state index contributed by atoms with van der Waals surface area (Å²) >= 11 is 0. The van der Waals surface area contributed by atoms with Crippen molar-refractivity contribution in [3.8, 4) is 23.0 Å². The van der Waals surface area contributed by atoms with E-state index in [2.05, 4.69) is 0 Å². The van der Waals surface area contributed by atoms with Gasteiger partial charge in [-0.2, -0.15) is 0 Å². The third-order valence-corrected chi connectivity index (χ3v) is 5.46. The van der Waals surface area contributed by atoms with Crippen LogP contribution in [0.3, 0.4) is 0 Å². The minimum Gasteiger partial charge on any atom is -0.497 e. The van der Waals surface area contributed by atoms with E-state index in [1.54, 1.807) is 32.4 Å². The van der Waals surface area contributed by atoms with E-state index in [-0.39, 0.29) is 18.7 Å². The van der Waals surface area contributed by atoms with Crippen molar-refractivity contribution in [2.75, 3.05) is 21.0 Å². The second-order valence-electron chi connectivity index (χ2n) is 7.13. The van der Waals surface area contributed by atoms with Crippen LogP contribution in [-0.4, -0.2) is 37.9 Å². The van der Waals surface area contributed by atoms with E-state index in [0.717, 1.165) is 42.7 Å². The third-order valence-electron chi connectivity index (χ3n) is 5.46. The SMILES string of the molecule is COc1ccc(C(=O)N(Cc2ccc3c(c2)OCO3)C2CCCC2)c(OC)c1. The first-order valence-corrected chi connectivity index (χ1v) is 9.61. The molecule has 0 N–H and O–H groups in total. The van der Waals surface area contributed by atoms with Crippen LogP contribution in [0.2, 0.25) is 0 Å². The zero-order valence-corrected chi connectivity index (χ0v) is 16.3. The van der Waals surface area contributed by atoms with Crippen molar-refractivity contribution >= 4 is 5.91 Å². The highest BCUT2D eigenvalue weighted by molar-refractivity contribution is 5.97. The molecule has 0 unspecified atom stereocenters. The Kier molecular flexibility index (Phi) is 5.28. The number of benzene rings is 2. The molecule has 1 aliphatic heterocycles. The summed E-state index contributed by atoms with van der Waals surface area (Å²) in [5.74, 6) is 2.65. The van der Waals surface area contributed by atoms with Gasteiger partial charge < -0.3 is 23.8 Å². The number of amides is 1. The Morgan fingerprint density at radius 3 is 2.57 bits per heavy atom. The molecule has 0 radical (unpaired) electrons. The molecule has 2 aliphatic rings. The molecule has 0 atom stereocenters. The summed E-state index contributed by atoms with van der Waals surface area (Å²) in [6, 6.07) is 11.4. The monoisotopic (exact) mass is 383 g/mol. The molecule has 1 amide bonds. The van der Waals surface area contributed by atoms with Gasteiger partial charge in [0.25, 0.3) is 5.91 Å². The number of rotatable bonds is 6. The van der Waals surface area contributed by atoms with Crippen molar-refractivity contribution in [3.05, 3.63) is 47.5 Å². The lowest BCUT2D eigenvalue weighted by atomic mass is 10.1. The highest BCUT2D eigenvalue weighted by atomic mass is 16.7. The molecule has 2 aromatic carbocycles. The molecule has 1 fully saturated rings. The molecular formula is C22H25NO5. The molecule has 0 saturated heterocycles. The highest BCUT2D eigenvalue weighted by Gasteiger charge is 2.29. The van der Waals surface area contributed by atoms with E-state index in [9.17, 15) is 4.79 Å². The predicted molar refractivity (Wildman–Crippen MR) is 104 cm³/mol. The van der Waals surface area contributed by atoms with Crippen molar-refractivity contribution in [2.24, 2.45) is 0 Å². The van der Waals surface area contributed by atoms with Crippen LogP contribution in [0.15, 0.2) is 36.4 Å². The number of methoxy groups -OCH3 is 2. The van der Waals surface area contributed by atoms with Gasteiger partial charge in [0.2, 0.25) is 6.79 Å². The molecular weight excluding hydrogens is 358 g/mol. The van der Waals surface area contributed by atoms with E-state index in [1.807, 2.05) is 23.1 Å². The zero-order valence-electron chi connectivity index (χ0n) is 16.3. The van der Waals surface area contributed by atoms with Gasteiger partial charge in [-0.05, 0) is 42.7 Å². The second-order valence-corrected chi connectivity index (χ2v) is 7.13. The summed E-state index contributed by atoms with van der Waals surface area (Å²) < 4.78 is 21.6. The lowest BCUT2D eigenvalue weighted by Crippen LogP contribution is -2.38. The Hall–Kier alpha value is -2.89. The zero-order chi connectivity index (χ0) is 19.5. The Bertz CT molecular complexity index is 860. The van der Waals surface area contributed by atoms with Gasteiger partial charge in [-0.3, -0.25) is 4.79 Å². The molecule has 1 saturated carbocycles. The van der Waals surface area contributed by atoms with Crippen LogP contribution in [0.25, 0.3) is 0 Å². The van der Waals surface area contributed by atoms with E-state index in [0.29, 0.717) is 23.6 Å². The van der Waals surface area contributed by atoms with Crippen LogP contribution < -0.4 is 18.9 Å².